The predicted octanol–water partition coefficient (Wildman–Crippen LogP) is 1.32. The molecule has 0 aliphatic carbocycles. The van der Waals surface area contributed by atoms with Gasteiger partial charge < -0.3 is 14.5 Å². The SMILES string of the molecule is CC(=O)N(C)C1CN(c2ccc(N3CCC3=O)c(F)c2)C(=O)O1. The van der Waals surface area contributed by atoms with Crippen molar-refractivity contribution in [1.29, 1.82) is 0 Å². The van der Waals surface area contributed by atoms with Gasteiger partial charge >= 0.3 is 6.09 Å². The molecular formula is C15H16FN3O4. The molecule has 3 amide bonds. The largest absolute Gasteiger partial charge is 0.423 e. The van der Waals surface area contributed by atoms with E-state index in [2.05, 4.69) is 0 Å². The second-order valence-corrected chi connectivity index (χ2v) is 5.51. The van der Waals surface area contributed by atoms with Crippen LogP contribution in [0.2, 0.25) is 0 Å². The van der Waals surface area contributed by atoms with E-state index in [1.54, 1.807) is 6.07 Å². The highest BCUT2D eigenvalue weighted by molar-refractivity contribution is 6.00. The van der Waals surface area contributed by atoms with E-state index in [1.807, 2.05) is 0 Å². The standard InChI is InChI=1S/C15H16FN3O4/c1-9(20)17(2)14-8-19(15(22)23-14)10-3-4-12(11(16)7-10)18-6-5-13(18)21/h3-4,7,14H,5-6,8H2,1-2H3. The monoisotopic (exact) mass is 321 g/mol. The Morgan fingerprint density at radius 3 is 2.61 bits per heavy atom. The third-order valence-corrected chi connectivity index (χ3v) is 4.11. The number of likely N-dealkylation sites (N-methyl/N-ethyl adjacent to an activating group) is 1. The highest BCUT2D eigenvalue weighted by atomic mass is 19.1. The first kappa shape index (κ1) is 15.3. The zero-order valence-corrected chi connectivity index (χ0v) is 12.8. The number of ether oxygens (including phenoxy) is 1. The molecule has 7 nitrogen and oxygen atoms in total. The maximum absolute atomic E-state index is 14.2. The van der Waals surface area contributed by atoms with Gasteiger partial charge in [0.15, 0.2) is 6.23 Å². The average molecular weight is 321 g/mol. The van der Waals surface area contributed by atoms with Gasteiger partial charge in [-0.25, -0.2) is 9.18 Å². The van der Waals surface area contributed by atoms with Gasteiger partial charge in [0.05, 0.1) is 17.9 Å². The molecule has 1 aromatic carbocycles. The highest BCUT2D eigenvalue weighted by Crippen LogP contribution is 2.30. The van der Waals surface area contributed by atoms with E-state index in [0.29, 0.717) is 18.7 Å². The Labute approximate surface area is 132 Å². The minimum Gasteiger partial charge on any atom is -0.423 e. The molecule has 2 aliphatic rings. The summed E-state index contributed by atoms with van der Waals surface area (Å²) in [7, 11) is 1.53. The molecule has 23 heavy (non-hydrogen) atoms. The molecule has 8 heteroatoms. The van der Waals surface area contributed by atoms with Gasteiger partial charge in [0.2, 0.25) is 11.8 Å². The van der Waals surface area contributed by atoms with Crippen LogP contribution < -0.4 is 9.80 Å². The third-order valence-electron chi connectivity index (χ3n) is 4.11. The second-order valence-electron chi connectivity index (χ2n) is 5.51. The molecule has 122 valence electrons. The number of cyclic esters (lactones) is 1. The molecule has 1 aromatic rings. The number of halogens is 1. The van der Waals surface area contributed by atoms with Crippen molar-refractivity contribution in [3.05, 3.63) is 24.0 Å². The van der Waals surface area contributed by atoms with Gasteiger partial charge in [-0.1, -0.05) is 0 Å². The quantitative estimate of drug-likeness (QED) is 0.788. The van der Waals surface area contributed by atoms with Crippen LogP contribution in [0.1, 0.15) is 13.3 Å². The third kappa shape index (κ3) is 2.60. The van der Waals surface area contributed by atoms with E-state index < -0.39 is 18.1 Å². The molecule has 2 aliphatic heterocycles. The van der Waals surface area contributed by atoms with E-state index in [4.69, 9.17) is 4.74 Å². The van der Waals surface area contributed by atoms with Gasteiger partial charge in [0.25, 0.3) is 0 Å². The molecule has 0 radical (unpaired) electrons. The number of β-lactam (4-membered cyclic amide) rings is 1. The van der Waals surface area contributed by atoms with Crippen molar-refractivity contribution >= 4 is 29.3 Å². The number of benzene rings is 1. The van der Waals surface area contributed by atoms with E-state index in [9.17, 15) is 18.8 Å². The number of carbonyl (C=O) groups excluding carboxylic acids is 3. The molecule has 3 rings (SSSR count). The number of rotatable bonds is 3. The van der Waals surface area contributed by atoms with Crippen molar-refractivity contribution in [2.45, 2.75) is 19.6 Å². The lowest BCUT2D eigenvalue weighted by Gasteiger charge is -2.31. The summed E-state index contributed by atoms with van der Waals surface area (Å²) in [6.07, 6.45) is -0.936. The second kappa shape index (κ2) is 5.53. The fourth-order valence-corrected chi connectivity index (χ4v) is 2.52. The first-order valence-electron chi connectivity index (χ1n) is 7.20. The molecule has 0 aromatic heterocycles. The maximum atomic E-state index is 14.2. The van der Waals surface area contributed by atoms with Gasteiger partial charge in [0.1, 0.15) is 5.82 Å². The van der Waals surface area contributed by atoms with Crippen LogP contribution in [0.25, 0.3) is 0 Å². The molecule has 2 saturated heterocycles. The van der Waals surface area contributed by atoms with Crippen molar-refractivity contribution in [2.24, 2.45) is 0 Å². The van der Waals surface area contributed by atoms with Crippen LogP contribution in [0.4, 0.5) is 20.6 Å². The normalized spacial score (nSPS) is 20.4. The number of carbonyl (C=O) groups is 3. The maximum Gasteiger partial charge on any atom is 0.416 e. The van der Waals surface area contributed by atoms with Crippen LogP contribution in [-0.4, -0.2) is 49.2 Å². The summed E-state index contributed by atoms with van der Waals surface area (Å²) < 4.78 is 19.3. The Kier molecular flexibility index (Phi) is 3.67. The molecule has 0 spiro atoms. The van der Waals surface area contributed by atoms with Gasteiger partial charge in [-0.05, 0) is 18.2 Å². The van der Waals surface area contributed by atoms with Crippen LogP contribution in [0.15, 0.2) is 18.2 Å². The Morgan fingerprint density at radius 1 is 1.35 bits per heavy atom. The Morgan fingerprint density at radius 2 is 2.09 bits per heavy atom. The minimum atomic E-state index is -0.709. The van der Waals surface area contributed by atoms with Crippen LogP contribution in [0.3, 0.4) is 0 Å². The molecular weight excluding hydrogens is 305 g/mol. The minimum absolute atomic E-state index is 0.121. The number of nitrogens with zero attached hydrogens (tertiary/aromatic N) is 3. The fourth-order valence-electron chi connectivity index (χ4n) is 2.52. The van der Waals surface area contributed by atoms with Gasteiger partial charge in [-0.3, -0.25) is 14.5 Å². The lowest BCUT2D eigenvalue weighted by molar-refractivity contribution is -0.134. The van der Waals surface area contributed by atoms with Gasteiger partial charge in [-0.2, -0.15) is 0 Å². The smallest absolute Gasteiger partial charge is 0.416 e. The summed E-state index contributed by atoms with van der Waals surface area (Å²) in [5.74, 6) is -0.936. The molecule has 2 heterocycles. The summed E-state index contributed by atoms with van der Waals surface area (Å²) in [6.45, 7) is 1.98. The molecule has 0 bridgehead atoms. The van der Waals surface area contributed by atoms with Crippen molar-refractivity contribution < 1.29 is 23.5 Å². The predicted molar refractivity (Wildman–Crippen MR) is 79.4 cm³/mol. The van der Waals surface area contributed by atoms with Gasteiger partial charge in [-0.15, -0.1) is 0 Å². The van der Waals surface area contributed by atoms with Crippen molar-refractivity contribution in [1.82, 2.24) is 4.90 Å². The van der Waals surface area contributed by atoms with E-state index in [-0.39, 0.29) is 24.0 Å². The first-order chi connectivity index (χ1) is 10.9. The number of amides is 3. The highest BCUT2D eigenvalue weighted by Gasteiger charge is 2.36. The number of hydrogen-bond acceptors (Lipinski definition) is 4. The van der Waals surface area contributed by atoms with E-state index >= 15 is 0 Å². The lowest BCUT2D eigenvalue weighted by Crippen LogP contribution is -2.44. The molecule has 1 unspecified atom stereocenters. The molecule has 1 atom stereocenters. The Bertz CT molecular complexity index is 693. The van der Waals surface area contributed by atoms with Gasteiger partial charge in [0, 0.05) is 26.9 Å². The molecule has 0 saturated carbocycles. The van der Waals surface area contributed by atoms with E-state index in [1.165, 1.54) is 40.8 Å². The number of anilines is 2. The summed E-state index contributed by atoms with van der Waals surface area (Å²) in [5.41, 5.74) is 0.527. The van der Waals surface area contributed by atoms with Crippen LogP contribution in [0.5, 0.6) is 0 Å². The average Bonchev–Trinajstić information content (AvgIpc) is 2.88. The van der Waals surface area contributed by atoms with Crippen LogP contribution in [-0.2, 0) is 14.3 Å². The molecule has 0 N–H and O–H groups in total. The summed E-state index contributed by atoms with van der Waals surface area (Å²) in [5, 5.41) is 0. The zero-order chi connectivity index (χ0) is 16.7. The topological polar surface area (TPSA) is 70.2 Å². The summed E-state index contributed by atoms with van der Waals surface area (Å²) >= 11 is 0. The Hall–Kier alpha value is -2.64. The Balaban J connectivity index is 1.79. The van der Waals surface area contributed by atoms with E-state index in [0.717, 1.165) is 0 Å². The molecule has 2 fully saturated rings. The zero-order valence-electron chi connectivity index (χ0n) is 12.8. The first-order valence-corrected chi connectivity index (χ1v) is 7.20. The fraction of sp³-hybridized carbons (Fsp3) is 0.400. The summed E-state index contributed by atoms with van der Waals surface area (Å²) in [4.78, 5) is 38.6. The van der Waals surface area contributed by atoms with Crippen molar-refractivity contribution in [3.63, 3.8) is 0 Å². The summed E-state index contributed by atoms with van der Waals surface area (Å²) in [6, 6.07) is 4.22. The van der Waals surface area contributed by atoms with Crippen LogP contribution in [0, 0.1) is 5.82 Å². The van der Waals surface area contributed by atoms with Crippen molar-refractivity contribution in [2.75, 3.05) is 29.9 Å². The van der Waals surface area contributed by atoms with Crippen molar-refractivity contribution in [3.8, 4) is 0 Å². The van der Waals surface area contributed by atoms with Crippen LogP contribution >= 0.6 is 0 Å². The number of hydrogen-bond donors (Lipinski definition) is 0. The lowest BCUT2D eigenvalue weighted by atomic mass is 10.1.